The molecule has 0 bridgehead atoms. The Kier molecular flexibility index (Phi) is 4.58. The number of rotatable bonds is 6. The van der Waals surface area contributed by atoms with E-state index in [2.05, 4.69) is 5.32 Å². The molecule has 0 amide bonds. The van der Waals surface area contributed by atoms with Crippen LogP contribution in [0.15, 0.2) is 24.3 Å². The summed E-state index contributed by atoms with van der Waals surface area (Å²) in [6.45, 7) is 2.25. The number of hydrogen-bond donors (Lipinski definition) is 3. The van der Waals surface area contributed by atoms with E-state index in [0.717, 1.165) is 11.4 Å². The molecule has 0 aliphatic carbocycles. The summed E-state index contributed by atoms with van der Waals surface area (Å²) in [5.41, 5.74) is 0.439. The largest absolute Gasteiger partial charge is 0.497 e. The highest BCUT2D eigenvalue weighted by Gasteiger charge is 2.21. The molecule has 4 heteroatoms. The first-order chi connectivity index (χ1) is 7.63. The number of aliphatic hydroxyl groups is 2. The molecule has 0 radical (unpaired) electrons. The van der Waals surface area contributed by atoms with Crippen LogP contribution in [0.1, 0.15) is 6.92 Å². The smallest absolute Gasteiger partial charge is 0.119 e. The van der Waals surface area contributed by atoms with E-state index in [1.165, 1.54) is 0 Å². The quantitative estimate of drug-likeness (QED) is 0.678. The predicted molar refractivity (Wildman–Crippen MR) is 63.8 cm³/mol. The Balaban J connectivity index is 2.54. The first-order valence-corrected chi connectivity index (χ1v) is 5.23. The second-order valence-electron chi connectivity index (χ2n) is 4.21. The van der Waals surface area contributed by atoms with Gasteiger partial charge in [-0.05, 0) is 24.3 Å². The number of hydrogen-bond acceptors (Lipinski definition) is 4. The maximum Gasteiger partial charge on any atom is 0.119 e. The van der Waals surface area contributed by atoms with Crippen molar-refractivity contribution in [3.63, 3.8) is 0 Å². The third-order valence-electron chi connectivity index (χ3n) is 2.57. The summed E-state index contributed by atoms with van der Waals surface area (Å²) in [5.74, 6) is 0.803. The van der Waals surface area contributed by atoms with Crippen molar-refractivity contribution < 1.29 is 14.9 Å². The second-order valence-corrected chi connectivity index (χ2v) is 4.21. The van der Waals surface area contributed by atoms with E-state index in [9.17, 15) is 0 Å². The van der Waals surface area contributed by atoms with Crippen LogP contribution in [0.3, 0.4) is 0 Å². The molecule has 16 heavy (non-hydrogen) atoms. The first kappa shape index (κ1) is 12.8. The monoisotopic (exact) mass is 225 g/mol. The van der Waals surface area contributed by atoms with E-state index in [1.54, 1.807) is 7.11 Å². The van der Waals surface area contributed by atoms with Gasteiger partial charge in [0.1, 0.15) is 5.75 Å². The Bertz CT molecular complexity index is 307. The van der Waals surface area contributed by atoms with Gasteiger partial charge in [-0.1, -0.05) is 6.92 Å². The molecule has 0 aromatic heterocycles. The third kappa shape index (κ3) is 3.40. The van der Waals surface area contributed by atoms with Gasteiger partial charge >= 0.3 is 0 Å². The summed E-state index contributed by atoms with van der Waals surface area (Å²) < 4.78 is 5.05. The van der Waals surface area contributed by atoms with Crippen molar-refractivity contribution in [2.45, 2.75) is 6.92 Å². The van der Waals surface area contributed by atoms with Gasteiger partial charge in [0.05, 0.1) is 20.3 Å². The summed E-state index contributed by atoms with van der Waals surface area (Å²) in [6, 6.07) is 7.51. The Morgan fingerprint density at radius 3 is 2.19 bits per heavy atom. The minimum atomic E-state index is -0.500. The van der Waals surface area contributed by atoms with Gasteiger partial charge in [0, 0.05) is 17.6 Å². The van der Waals surface area contributed by atoms with Crippen molar-refractivity contribution in [3.05, 3.63) is 24.3 Å². The lowest BCUT2D eigenvalue weighted by atomic mass is 9.93. The lowest BCUT2D eigenvalue weighted by Gasteiger charge is -2.25. The molecule has 3 N–H and O–H groups in total. The van der Waals surface area contributed by atoms with Crippen LogP contribution >= 0.6 is 0 Å². The van der Waals surface area contributed by atoms with Gasteiger partial charge in [-0.3, -0.25) is 0 Å². The fraction of sp³-hybridized carbons (Fsp3) is 0.500. The Morgan fingerprint density at radius 2 is 1.75 bits per heavy atom. The van der Waals surface area contributed by atoms with Crippen molar-refractivity contribution in [2.75, 3.05) is 32.2 Å². The van der Waals surface area contributed by atoms with Crippen LogP contribution in [0.4, 0.5) is 5.69 Å². The van der Waals surface area contributed by atoms with Gasteiger partial charge in [0.15, 0.2) is 0 Å². The molecule has 1 rings (SSSR count). The summed E-state index contributed by atoms with van der Waals surface area (Å²) in [7, 11) is 1.62. The van der Waals surface area contributed by atoms with Gasteiger partial charge in [0.25, 0.3) is 0 Å². The Morgan fingerprint density at radius 1 is 1.19 bits per heavy atom. The normalized spacial score (nSPS) is 11.2. The van der Waals surface area contributed by atoms with Crippen LogP contribution in [0.5, 0.6) is 5.75 Å². The molecule has 0 atom stereocenters. The number of methoxy groups -OCH3 is 1. The molecule has 0 aliphatic rings. The topological polar surface area (TPSA) is 61.7 Å². The SMILES string of the molecule is COc1ccc(NCC(C)(CO)CO)cc1. The number of aliphatic hydroxyl groups excluding tert-OH is 2. The zero-order valence-electron chi connectivity index (χ0n) is 9.73. The minimum absolute atomic E-state index is 0.0490. The molecule has 0 spiro atoms. The number of ether oxygens (including phenoxy) is 1. The van der Waals surface area contributed by atoms with Gasteiger partial charge in [-0.2, -0.15) is 0 Å². The van der Waals surface area contributed by atoms with E-state index >= 15 is 0 Å². The molecule has 0 saturated carbocycles. The van der Waals surface area contributed by atoms with Crippen LogP contribution in [0, 0.1) is 5.41 Å². The zero-order valence-corrected chi connectivity index (χ0v) is 9.73. The predicted octanol–water partition coefficient (Wildman–Crippen LogP) is 1.10. The van der Waals surface area contributed by atoms with E-state index in [4.69, 9.17) is 14.9 Å². The van der Waals surface area contributed by atoms with Crippen LogP contribution in [-0.2, 0) is 0 Å². The molecule has 1 aromatic rings. The van der Waals surface area contributed by atoms with Crippen molar-refractivity contribution in [2.24, 2.45) is 5.41 Å². The molecule has 0 aliphatic heterocycles. The highest BCUT2D eigenvalue weighted by atomic mass is 16.5. The van der Waals surface area contributed by atoms with Gasteiger partial charge in [-0.15, -0.1) is 0 Å². The van der Waals surface area contributed by atoms with Crippen molar-refractivity contribution in [1.29, 1.82) is 0 Å². The number of nitrogens with one attached hydrogen (secondary N) is 1. The molecule has 0 fully saturated rings. The average Bonchev–Trinajstić information content (AvgIpc) is 2.36. The first-order valence-electron chi connectivity index (χ1n) is 5.23. The van der Waals surface area contributed by atoms with Crippen LogP contribution in [0.2, 0.25) is 0 Å². The number of benzene rings is 1. The average molecular weight is 225 g/mol. The molecular weight excluding hydrogens is 206 g/mol. The highest BCUT2D eigenvalue weighted by molar-refractivity contribution is 5.46. The molecule has 90 valence electrons. The highest BCUT2D eigenvalue weighted by Crippen LogP contribution is 2.18. The van der Waals surface area contributed by atoms with Crippen LogP contribution < -0.4 is 10.1 Å². The standard InChI is InChI=1S/C12H19NO3/c1-12(8-14,9-15)7-13-10-3-5-11(16-2)6-4-10/h3-6,13-15H,7-9H2,1-2H3. The lowest BCUT2D eigenvalue weighted by Crippen LogP contribution is -2.33. The molecule has 0 unspecified atom stereocenters. The summed E-state index contributed by atoms with van der Waals surface area (Å²) in [5, 5.41) is 21.4. The second kappa shape index (κ2) is 5.72. The van der Waals surface area contributed by atoms with E-state index in [-0.39, 0.29) is 13.2 Å². The molecule has 0 heterocycles. The van der Waals surface area contributed by atoms with E-state index < -0.39 is 5.41 Å². The zero-order chi connectivity index (χ0) is 12.0. The van der Waals surface area contributed by atoms with Crippen molar-refractivity contribution in [1.82, 2.24) is 0 Å². The van der Waals surface area contributed by atoms with E-state index in [1.807, 2.05) is 31.2 Å². The van der Waals surface area contributed by atoms with Gasteiger partial charge in [0.2, 0.25) is 0 Å². The van der Waals surface area contributed by atoms with E-state index in [0.29, 0.717) is 6.54 Å². The molecule has 1 aromatic carbocycles. The molecule has 4 nitrogen and oxygen atoms in total. The van der Waals surface area contributed by atoms with Gasteiger partial charge in [-0.25, -0.2) is 0 Å². The fourth-order valence-corrected chi connectivity index (χ4v) is 1.19. The fourth-order valence-electron chi connectivity index (χ4n) is 1.19. The lowest BCUT2D eigenvalue weighted by molar-refractivity contribution is 0.0806. The maximum absolute atomic E-state index is 9.13. The Labute approximate surface area is 95.9 Å². The number of anilines is 1. The summed E-state index contributed by atoms with van der Waals surface area (Å²) in [4.78, 5) is 0. The Hall–Kier alpha value is -1.26. The van der Waals surface area contributed by atoms with Crippen LogP contribution in [-0.4, -0.2) is 37.1 Å². The van der Waals surface area contributed by atoms with Gasteiger partial charge < -0.3 is 20.3 Å². The minimum Gasteiger partial charge on any atom is -0.497 e. The van der Waals surface area contributed by atoms with Crippen LogP contribution in [0.25, 0.3) is 0 Å². The van der Waals surface area contributed by atoms with Crippen molar-refractivity contribution in [3.8, 4) is 5.75 Å². The molecular formula is C12H19NO3. The maximum atomic E-state index is 9.13. The summed E-state index contributed by atoms with van der Waals surface area (Å²) in [6.07, 6.45) is 0. The third-order valence-corrected chi connectivity index (χ3v) is 2.57. The molecule has 0 saturated heterocycles. The van der Waals surface area contributed by atoms with Crippen molar-refractivity contribution >= 4 is 5.69 Å². The summed E-state index contributed by atoms with van der Waals surface area (Å²) >= 11 is 0.